The molecule has 0 spiro atoms. The lowest BCUT2D eigenvalue weighted by Gasteiger charge is -2.33. The number of imidazole rings is 1. The number of amides is 1. The second-order valence-electron chi connectivity index (χ2n) is 6.48. The lowest BCUT2D eigenvalue weighted by molar-refractivity contribution is -0.120. The van der Waals surface area contributed by atoms with Crippen molar-refractivity contribution in [3.05, 3.63) is 66.3 Å². The number of fused-ring (bicyclic) bond motifs is 1. The van der Waals surface area contributed by atoms with E-state index in [0.29, 0.717) is 12.5 Å². The zero-order valence-electron chi connectivity index (χ0n) is 15.1. The fourth-order valence-corrected chi connectivity index (χ4v) is 3.26. The average Bonchev–Trinajstić information content (AvgIpc) is 3.11. The van der Waals surface area contributed by atoms with Crippen LogP contribution in [0.5, 0.6) is 0 Å². The molecule has 4 heterocycles. The third-order valence-corrected chi connectivity index (χ3v) is 4.62. The third-order valence-electron chi connectivity index (χ3n) is 4.62. The molecule has 1 aliphatic heterocycles. The number of nitrogens with zero attached hydrogens (tertiary/aromatic N) is 6. The van der Waals surface area contributed by atoms with E-state index in [9.17, 15) is 4.79 Å². The fourth-order valence-electron chi connectivity index (χ4n) is 3.26. The Morgan fingerprint density at radius 2 is 1.93 bits per heavy atom. The summed E-state index contributed by atoms with van der Waals surface area (Å²) >= 11 is 0. The quantitative estimate of drug-likeness (QED) is 0.739. The number of rotatable bonds is 5. The highest BCUT2D eigenvalue weighted by molar-refractivity contribution is 5.78. The molecule has 27 heavy (non-hydrogen) atoms. The van der Waals surface area contributed by atoms with Crippen LogP contribution in [0.4, 0.5) is 5.95 Å². The van der Waals surface area contributed by atoms with Crippen LogP contribution < -0.4 is 10.2 Å². The molecule has 1 N–H and O–H groups in total. The van der Waals surface area contributed by atoms with Gasteiger partial charge in [-0.15, -0.1) is 0 Å². The number of hydrogen-bond acceptors (Lipinski definition) is 6. The monoisotopic (exact) mass is 363 g/mol. The Kier molecular flexibility index (Phi) is 4.78. The molecule has 0 aliphatic carbocycles. The van der Waals surface area contributed by atoms with Crippen molar-refractivity contribution in [2.45, 2.75) is 32.5 Å². The van der Waals surface area contributed by atoms with Gasteiger partial charge in [-0.3, -0.25) is 9.78 Å². The van der Waals surface area contributed by atoms with Crippen molar-refractivity contribution < 1.29 is 4.79 Å². The van der Waals surface area contributed by atoms with Gasteiger partial charge < -0.3 is 14.8 Å². The first-order valence-electron chi connectivity index (χ1n) is 8.97. The fraction of sp³-hybridized carbons (Fsp3) is 0.316. The van der Waals surface area contributed by atoms with Gasteiger partial charge in [0.1, 0.15) is 5.82 Å². The molecule has 0 bridgehead atoms. The van der Waals surface area contributed by atoms with Crippen molar-refractivity contribution in [3.63, 3.8) is 0 Å². The molecule has 1 atom stereocenters. The molecule has 1 amide bonds. The standard InChI is InChI=1S/C19H21N7O/c1-14-18-24-16(11-17(27)23-12-15-5-2-3-6-20-15)13-25(18)9-10-26(14)19-21-7-4-8-22-19/h2-8,13-14H,9-12H2,1H3,(H,23,27). The molecular weight excluding hydrogens is 342 g/mol. The first-order chi connectivity index (χ1) is 13.2. The van der Waals surface area contributed by atoms with Gasteiger partial charge in [-0.1, -0.05) is 6.07 Å². The number of pyridine rings is 1. The number of anilines is 1. The minimum Gasteiger partial charge on any atom is -0.350 e. The van der Waals surface area contributed by atoms with E-state index in [1.165, 1.54) is 0 Å². The zero-order valence-corrected chi connectivity index (χ0v) is 15.1. The van der Waals surface area contributed by atoms with Crippen LogP contribution in [0.1, 0.15) is 30.2 Å². The van der Waals surface area contributed by atoms with Crippen LogP contribution in [0.2, 0.25) is 0 Å². The summed E-state index contributed by atoms with van der Waals surface area (Å²) in [4.78, 5) is 32.0. The largest absolute Gasteiger partial charge is 0.350 e. The highest BCUT2D eigenvalue weighted by Crippen LogP contribution is 2.27. The Balaban J connectivity index is 1.41. The van der Waals surface area contributed by atoms with E-state index in [1.54, 1.807) is 24.7 Å². The summed E-state index contributed by atoms with van der Waals surface area (Å²) in [7, 11) is 0. The molecule has 0 saturated carbocycles. The van der Waals surface area contributed by atoms with Crippen molar-refractivity contribution >= 4 is 11.9 Å². The number of aromatic nitrogens is 5. The predicted molar refractivity (Wildman–Crippen MR) is 99.8 cm³/mol. The van der Waals surface area contributed by atoms with Gasteiger partial charge in [0.25, 0.3) is 0 Å². The average molecular weight is 363 g/mol. The SMILES string of the molecule is CC1c2nc(CC(=O)NCc3ccccn3)cn2CCN1c1ncccn1. The maximum Gasteiger partial charge on any atom is 0.226 e. The van der Waals surface area contributed by atoms with E-state index >= 15 is 0 Å². The Hall–Kier alpha value is -3.29. The number of carbonyl (C=O) groups is 1. The molecule has 4 rings (SSSR count). The Labute approximate surface area is 157 Å². The molecule has 1 aliphatic rings. The first kappa shape index (κ1) is 17.1. The maximum atomic E-state index is 12.2. The normalized spacial score (nSPS) is 16.0. The summed E-state index contributed by atoms with van der Waals surface area (Å²) in [6.07, 6.45) is 7.42. The molecule has 3 aromatic heterocycles. The summed E-state index contributed by atoms with van der Waals surface area (Å²) in [6.45, 7) is 4.10. The second-order valence-corrected chi connectivity index (χ2v) is 6.48. The summed E-state index contributed by atoms with van der Waals surface area (Å²) in [5.74, 6) is 1.57. The van der Waals surface area contributed by atoms with Gasteiger partial charge in [-0.2, -0.15) is 0 Å². The molecule has 0 aromatic carbocycles. The van der Waals surface area contributed by atoms with Crippen LogP contribution >= 0.6 is 0 Å². The van der Waals surface area contributed by atoms with Gasteiger partial charge in [-0.25, -0.2) is 15.0 Å². The minimum absolute atomic E-state index is 0.0477. The van der Waals surface area contributed by atoms with Gasteiger partial charge in [0.2, 0.25) is 11.9 Å². The summed E-state index contributed by atoms with van der Waals surface area (Å²) < 4.78 is 2.12. The Morgan fingerprint density at radius 1 is 1.11 bits per heavy atom. The van der Waals surface area contributed by atoms with Gasteiger partial charge in [0.05, 0.1) is 30.4 Å². The van der Waals surface area contributed by atoms with Crippen LogP contribution in [0.3, 0.4) is 0 Å². The van der Waals surface area contributed by atoms with E-state index in [4.69, 9.17) is 4.98 Å². The molecule has 8 nitrogen and oxygen atoms in total. The van der Waals surface area contributed by atoms with Crippen molar-refractivity contribution in [1.82, 2.24) is 29.8 Å². The van der Waals surface area contributed by atoms with Crippen molar-refractivity contribution in [2.24, 2.45) is 0 Å². The lowest BCUT2D eigenvalue weighted by Crippen LogP contribution is -2.37. The van der Waals surface area contributed by atoms with E-state index in [1.807, 2.05) is 24.4 Å². The molecular formula is C19H21N7O. The number of carbonyl (C=O) groups excluding carboxylic acids is 1. The number of hydrogen-bond donors (Lipinski definition) is 1. The van der Waals surface area contributed by atoms with Gasteiger partial charge in [-0.05, 0) is 25.1 Å². The van der Waals surface area contributed by atoms with Gasteiger partial charge in [0, 0.05) is 37.9 Å². The minimum atomic E-state index is -0.0630. The smallest absolute Gasteiger partial charge is 0.226 e. The van der Waals surface area contributed by atoms with Crippen molar-refractivity contribution in [2.75, 3.05) is 11.4 Å². The van der Waals surface area contributed by atoms with E-state index in [-0.39, 0.29) is 18.4 Å². The molecule has 0 fully saturated rings. The van der Waals surface area contributed by atoms with Crippen molar-refractivity contribution in [1.29, 1.82) is 0 Å². The van der Waals surface area contributed by atoms with Crippen molar-refractivity contribution in [3.8, 4) is 0 Å². The molecule has 0 saturated heterocycles. The van der Waals surface area contributed by atoms with E-state index < -0.39 is 0 Å². The van der Waals surface area contributed by atoms with Crippen LogP contribution in [0, 0.1) is 0 Å². The first-order valence-corrected chi connectivity index (χ1v) is 8.97. The third kappa shape index (κ3) is 3.79. The van der Waals surface area contributed by atoms with E-state index in [0.717, 1.165) is 30.3 Å². The van der Waals surface area contributed by atoms with Crippen LogP contribution in [0.15, 0.2) is 49.1 Å². The zero-order chi connectivity index (χ0) is 18.6. The molecule has 8 heteroatoms. The van der Waals surface area contributed by atoms with Crippen LogP contribution in [0.25, 0.3) is 0 Å². The lowest BCUT2D eigenvalue weighted by atomic mass is 10.2. The molecule has 3 aromatic rings. The second kappa shape index (κ2) is 7.53. The summed E-state index contributed by atoms with van der Waals surface area (Å²) in [5, 5.41) is 2.89. The summed E-state index contributed by atoms with van der Waals surface area (Å²) in [5.41, 5.74) is 1.60. The molecule has 138 valence electrons. The summed E-state index contributed by atoms with van der Waals surface area (Å²) in [6, 6.07) is 7.50. The van der Waals surface area contributed by atoms with Crippen LogP contribution in [-0.4, -0.2) is 37.0 Å². The highest BCUT2D eigenvalue weighted by Gasteiger charge is 2.28. The van der Waals surface area contributed by atoms with E-state index in [2.05, 4.69) is 36.7 Å². The Bertz CT molecular complexity index is 910. The van der Waals surface area contributed by atoms with Gasteiger partial charge in [0.15, 0.2) is 0 Å². The molecule has 0 radical (unpaired) electrons. The Morgan fingerprint density at radius 3 is 2.70 bits per heavy atom. The van der Waals surface area contributed by atoms with Gasteiger partial charge >= 0.3 is 0 Å². The number of nitrogens with one attached hydrogen (secondary N) is 1. The van der Waals surface area contributed by atoms with Crippen LogP contribution in [-0.2, 0) is 24.3 Å². The topological polar surface area (TPSA) is 88.8 Å². The highest BCUT2D eigenvalue weighted by atomic mass is 16.1. The molecule has 1 unspecified atom stereocenters. The predicted octanol–water partition coefficient (Wildman–Crippen LogP) is 1.51. The maximum absolute atomic E-state index is 12.2.